The Bertz CT molecular complexity index is 569. The number of rotatable bonds is 3. The van der Waals surface area contributed by atoms with Crippen molar-refractivity contribution in [3.63, 3.8) is 0 Å². The molecule has 0 N–H and O–H groups in total. The number of ketones is 1. The van der Waals surface area contributed by atoms with Crippen molar-refractivity contribution in [2.75, 3.05) is 0 Å². The second-order valence-corrected chi connectivity index (χ2v) is 4.18. The van der Waals surface area contributed by atoms with E-state index in [9.17, 15) is 13.2 Å². The van der Waals surface area contributed by atoms with E-state index >= 15 is 0 Å². The lowest BCUT2D eigenvalue weighted by Gasteiger charge is -1.93. The van der Waals surface area contributed by atoms with Crippen LogP contribution in [0.2, 0.25) is 0 Å². The van der Waals surface area contributed by atoms with E-state index in [0.717, 1.165) is 5.56 Å². The smallest absolute Gasteiger partial charge is 0.299 e. The lowest BCUT2D eigenvalue weighted by molar-refractivity contribution is 0.101. The predicted molar refractivity (Wildman–Crippen MR) is 73.8 cm³/mol. The van der Waals surface area contributed by atoms with Crippen molar-refractivity contribution in [1.29, 1.82) is 0 Å². The molecule has 100 valence electrons. The van der Waals surface area contributed by atoms with Gasteiger partial charge in [-0.05, 0) is 19.1 Å². The minimum absolute atomic E-state index is 0.121. The van der Waals surface area contributed by atoms with Crippen molar-refractivity contribution >= 4 is 16.8 Å². The highest BCUT2D eigenvalue weighted by atomic mass is 32.2. The van der Waals surface area contributed by atoms with E-state index in [4.69, 9.17) is 0 Å². The molecule has 4 nitrogen and oxygen atoms in total. The number of Topliss-reactive ketones (excluding diaryl/α,β-unsaturated/α-hetero) is 1. The molecular weight excluding hydrogens is 264 g/mol. The zero-order valence-corrected chi connectivity index (χ0v) is 11.2. The van der Waals surface area contributed by atoms with Crippen LogP contribution < -0.4 is 4.18 Å². The van der Waals surface area contributed by atoms with Gasteiger partial charge in [-0.15, -0.1) is 0 Å². The molecule has 0 atom stereocenters. The molecule has 0 radical (unpaired) electrons. The van der Waals surface area contributed by atoms with Gasteiger partial charge in [0.25, 0.3) is 11.0 Å². The maximum atomic E-state index is 10.6. The Morgan fingerprint density at radius 3 is 1.74 bits per heavy atom. The van der Waals surface area contributed by atoms with Crippen molar-refractivity contribution < 1.29 is 17.4 Å². The summed E-state index contributed by atoms with van der Waals surface area (Å²) in [7, 11) is -2.78. The minimum Gasteiger partial charge on any atom is -0.384 e. The Morgan fingerprint density at radius 2 is 1.37 bits per heavy atom. The molecule has 0 fully saturated rings. The van der Waals surface area contributed by atoms with Gasteiger partial charge in [0.1, 0.15) is 5.75 Å². The number of hydrogen-bond donors (Lipinski definition) is 1. The van der Waals surface area contributed by atoms with E-state index in [1.165, 1.54) is 0 Å². The molecule has 0 spiro atoms. The zero-order chi connectivity index (χ0) is 14.1. The maximum absolute atomic E-state index is 10.6. The summed E-state index contributed by atoms with van der Waals surface area (Å²) in [6.45, 7) is 1.56. The van der Waals surface area contributed by atoms with E-state index < -0.39 is 11.0 Å². The summed E-state index contributed by atoms with van der Waals surface area (Å²) >= 11 is 0. The molecule has 0 aromatic heterocycles. The standard InChI is InChI=1S/C8H8O.C6H6O3S/c1-7(9)8-5-3-2-4-6-8;7-10(8)9-6-4-2-1-3-5-6/h2-6H,1H3;1-5,10H. The van der Waals surface area contributed by atoms with Crippen LogP contribution in [0.3, 0.4) is 0 Å². The van der Waals surface area contributed by atoms with Gasteiger partial charge < -0.3 is 4.18 Å². The predicted octanol–water partition coefficient (Wildman–Crippen LogP) is 2.48. The number of thiol groups is 1. The van der Waals surface area contributed by atoms with E-state index in [2.05, 4.69) is 4.18 Å². The maximum Gasteiger partial charge on any atom is 0.299 e. The zero-order valence-electron chi connectivity index (χ0n) is 10.4. The van der Waals surface area contributed by atoms with E-state index in [0.29, 0.717) is 5.75 Å². The van der Waals surface area contributed by atoms with Gasteiger partial charge in [-0.2, -0.15) is 8.42 Å². The lowest BCUT2D eigenvalue weighted by Crippen LogP contribution is -1.88. The van der Waals surface area contributed by atoms with Crippen LogP contribution in [0, 0.1) is 0 Å². The monoisotopic (exact) mass is 278 g/mol. The average Bonchev–Trinajstić information content (AvgIpc) is 2.41. The van der Waals surface area contributed by atoms with Gasteiger partial charge in [-0.25, -0.2) is 0 Å². The summed E-state index contributed by atoms with van der Waals surface area (Å²) < 4.78 is 24.3. The quantitative estimate of drug-likeness (QED) is 0.692. The second-order valence-electron chi connectivity index (χ2n) is 3.55. The van der Waals surface area contributed by atoms with Crippen LogP contribution >= 0.6 is 0 Å². The molecule has 0 aliphatic rings. The third-order valence-corrected chi connectivity index (χ3v) is 2.46. The number of carbonyl (C=O) groups is 1. The summed E-state index contributed by atoms with van der Waals surface area (Å²) in [5.74, 6) is 0.467. The Labute approximate surface area is 113 Å². The summed E-state index contributed by atoms with van der Waals surface area (Å²) in [5, 5.41) is 0. The molecule has 0 unspecified atom stereocenters. The van der Waals surface area contributed by atoms with E-state index in [1.54, 1.807) is 37.3 Å². The largest absolute Gasteiger partial charge is 0.384 e. The van der Waals surface area contributed by atoms with Crippen molar-refractivity contribution in [1.82, 2.24) is 0 Å². The molecule has 0 saturated heterocycles. The van der Waals surface area contributed by atoms with Crippen molar-refractivity contribution in [3.05, 3.63) is 66.2 Å². The molecule has 2 rings (SSSR count). The van der Waals surface area contributed by atoms with E-state index in [-0.39, 0.29) is 5.78 Å². The Hall–Kier alpha value is -2.14. The molecule has 5 heteroatoms. The van der Waals surface area contributed by atoms with Gasteiger partial charge in [-0.1, -0.05) is 48.5 Å². The van der Waals surface area contributed by atoms with Gasteiger partial charge in [0.05, 0.1) is 0 Å². The third-order valence-electron chi connectivity index (χ3n) is 2.10. The first kappa shape index (κ1) is 14.9. The van der Waals surface area contributed by atoms with E-state index in [1.807, 2.05) is 30.3 Å². The highest BCUT2D eigenvalue weighted by molar-refractivity contribution is 7.67. The first-order valence-corrected chi connectivity index (χ1v) is 6.62. The average molecular weight is 278 g/mol. The van der Waals surface area contributed by atoms with Crippen LogP contribution in [-0.2, 0) is 11.0 Å². The molecule has 2 aromatic carbocycles. The number of hydrogen-bond acceptors (Lipinski definition) is 4. The van der Waals surface area contributed by atoms with Crippen LogP contribution in [0.1, 0.15) is 17.3 Å². The highest BCUT2D eigenvalue weighted by Crippen LogP contribution is 2.07. The van der Waals surface area contributed by atoms with Crippen LogP contribution in [0.4, 0.5) is 0 Å². The molecular formula is C14H14O4S. The van der Waals surface area contributed by atoms with Crippen LogP contribution in [0.5, 0.6) is 5.75 Å². The van der Waals surface area contributed by atoms with Crippen molar-refractivity contribution in [2.45, 2.75) is 6.92 Å². The topological polar surface area (TPSA) is 60.4 Å². The molecule has 19 heavy (non-hydrogen) atoms. The Balaban J connectivity index is 0.000000191. The molecule has 0 aliphatic heterocycles. The first-order valence-electron chi connectivity index (χ1n) is 5.53. The molecule has 2 aromatic rings. The molecule has 0 bridgehead atoms. The Morgan fingerprint density at radius 1 is 0.895 bits per heavy atom. The highest BCUT2D eigenvalue weighted by Gasteiger charge is 1.92. The summed E-state index contributed by atoms with van der Waals surface area (Å²) in [5.41, 5.74) is 0.775. The number of carbonyl (C=O) groups excluding carboxylic acids is 1. The number of para-hydroxylation sites is 1. The van der Waals surface area contributed by atoms with Crippen LogP contribution in [0.15, 0.2) is 60.7 Å². The fraction of sp³-hybridized carbons (Fsp3) is 0.0714. The first-order chi connectivity index (χ1) is 9.09. The van der Waals surface area contributed by atoms with Gasteiger partial charge in [0.2, 0.25) is 0 Å². The molecule has 0 amide bonds. The summed E-state index contributed by atoms with van der Waals surface area (Å²) in [6.07, 6.45) is 0. The summed E-state index contributed by atoms with van der Waals surface area (Å²) in [6, 6.07) is 17.6. The SMILES string of the molecule is CC(=O)c1ccccc1.O=[SH](=O)Oc1ccccc1. The van der Waals surface area contributed by atoms with Crippen LogP contribution in [0.25, 0.3) is 0 Å². The van der Waals surface area contributed by atoms with Crippen molar-refractivity contribution in [3.8, 4) is 5.75 Å². The minimum atomic E-state index is -2.78. The normalized spacial score (nSPS) is 9.37. The summed E-state index contributed by atoms with van der Waals surface area (Å²) in [4.78, 5) is 10.6. The number of benzene rings is 2. The fourth-order valence-corrected chi connectivity index (χ4v) is 1.53. The third kappa shape index (κ3) is 6.38. The van der Waals surface area contributed by atoms with Gasteiger partial charge >= 0.3 is 0 Å². The van der Waals surface area contributed by atoms with Gasteiger partial charge in [-0.3, -0.25) is 4.79 Å². The Kier molecular flexibility index (Phi) is 6.32. The van der Waals surface area contributed by atoms with Gasteiger partial charge in [0.15, 0.2) is 5.78 Å². The lowest BCUT2D eigenvalue weighted by atomic mass is 10.2. The van der Waals surface area contributed by atoms with Gasteiger partial charge in [0, 0.05) is 5.56 Å². The second kappa shape index (κ2) is 8.05. The van der Waals surface area contributed by atoms with Crippen LogP contribution in [-0.4, -0.2) is 14.2 Å². The molecule has 0 heterocycles. The fourth-order valence-electron chi connectivity index (χ4n) is 1.24. The molecule has 0 saturated carbocycles. The van der Waals surface area contributed by atoms with Crippen molar-refractivity contribution in [2.24, 2.45) is 0 Å². The molecule has 0 aliphatic carbocycles.